The highest BCUT2D eigenvalue weighted by Crippen LogP contribution is 2.48. The van der Waals surface area contributed by atoms with Crippen molar-refractivity contribution in [3.63, 3.8) is 0 Å². The van der Waals surface area contributed by atoms with E-state index in [2.05, 4.69) is 206 Å². The molecular weight excluding hydrogens is 577 g/mol. The van der Waals surface area contributed by atoms with E-state index in [0.29, 0.717) is 0 Å². The van der Waals surface area contributed by atoms with Gasteiger partial charge in [0, 0.05) is 0 Å². The molecule has 8 rings (SSSR count). The molecule has 0 fully saturated rings. The number of rotatable bonds is 7. The summed E-state index contributed by atoms with van der Waals surface area (Å²) in [6.07, 6.45) is 0. The molecular formula is C48H34. The van der Waals surface area contributed by atoms with Crippen LogP contribution in [-0.4, -0.2) is 0 Å². The topological polar surface area (TPSA) is 0 Å². The standard InChI is InChI=1S/C48H34/c1-5-19-35(20-6-1)39-31-17-32-40(36-21-7-2-8-22-36)47(39)45-29-15-13-27-43(45)44-28-14-16-30-46(44)48-41(37-23-9-3-10-24-37)33-18-34-42(48)38-25-11-4-12-26-38/h1-34H. The van der Waals surface area contributed by atoms with E-state index in [4.69, 9.17) is 0 Å². The van der Waals surface area contributed by atoms with Gasteiger partial charge in [0.1, 0.15) is 0 Å². The molecule has 0 amide bonds. The number of hydrogen-bond acceptors (Lipinski definition) is 0. The van der Waals surface area contributed by atoms with Crippen LogP contribution >= 0.6 is 0 Å². The molecule has 0 spiro atoms. The van der Waals surface area contributed by atoms with Gasteiger partial charge in [0.2, 0.25) is 0 Å². The van der Waals surface area contributed by atoms with Gasteiger partial charge in [0.15, 0.2) is 0 Å². The van der Waals surface area contributed by atoms with Crippen molar-refractivity contribution in [1.29, 1.82) is 0 Å². The average molecular weight is 611 g/mol. The second-order valence-electron chi connectivity index (χ2n) is 12.0. The van der Waals surface area contributed by atoms with Crippen LogP contribution in [0.3, 0.4) is 0 Å². The Kier molecular flexibility index (Phi) is 8.05. The second kappa shape index (κ2) is 13.2. The van der Waals surface area contributed by atoms with Crippen LogP contribution in [0.5, 0.6) is 0 Å². The summed E-state index contributed by atoms with van der Waals surface area (Å²) in [7, 11) is 0. The van der Waals surface area contributed by atoms with Crippen LogP contribution in [-0.2, 0) is 0 Å². The first-order chi connectivity index (χ1) is 23.9. The average Bonchev–Trinajstić information content (AvgIpc) is 3.18. The first kappa shape index (κ1) is 29.2. The molecule has 0 bridgehead atoms. The first-order valence-corrected chi connectivity index (χ1v) is 16.5. The van der Waals surface area contributed by atoms with E-state index in [9.17, 15) is 0 Å². The van der Waals surface area contributed by atoms with Gasteiger partial charge in [-0.25, -0.2) is 0 Å². The van der Waals surface area contributed by atoms with Gasteiger partial charge in [-0.1, -0.05) is 206 Å². The maximum atomic E-state index is 2.29. The Bertz CT molecular complexity index is 2020. The summed E-state index contributed by atoms with van der Waals surface area (Å²) in [6.45, 7) is 0. The van der Waals surface area contributed by atoms with Crippen molar-refractivity contribution in [1.82, 2.24) is 0 Å². The maximum Gasteiger partial charge on any atom is -0.00206 e. The SMILES string of the molecule is c1ccc(-c2cccc(-c3ccccc3)c2-c2ccccc2-c2ccccc2-c2c(-c3ccccc3)cccc2-c2ccccc2)cc1. The fourth-order valence-electron chi connectivity index (χ4n) is 6.99. The van der Waals surface area contributed by atoms with Gasteiger partial charge in [-0.05, 0) is 77.9 Å². The monoisotopic (exact) mass is 610 g/mol. The third-order valence-electron chi connectivity index (χ3n) is 9.15. The van der Waals surface area contributed by atoms with Crippen molar-refractivity contribution in [2.75, 3.05) is 0 Å². The van der Waals surface area contributed by atoms with E-state index in [1.807, 2.05) is 0 Å². The van der Waals surface area contributed by atoms with E-state index < -0.39 is 0 Å². The van der Waals surface area contributed by atoms with Crippen molar-refractivity contribution in [3.05, 3.63) is 206 Å². The molecule has 0 aliphatic carbocycles. The predicted octanol–water partition coefficient (Wildman–Crippen LogP) is 13.4. The minimum Gasteiger partial charge on any atom is -0.0622 e. The van der Waals surface area contributed by atoms with Crippen LogP contribution < -0.4 is 0 Å². The largest absolute Gasteiger partial charge is 0.0622 e. The van der Waals surface area contributed by atoms with Gasteiger partial charge in [-0.15, -0.1) is 0 Å². The van der Waals surface area contributed by atoms with E-state index in [0.717, 1.165) is 0 Å². The summed E-state index contributed by atoms with van der Waals surface area (Å²) < 4.78 is 0. The van der Waals surface area contributed by atoms with Crippen LogP contribution in [0.4, 0.5) is 0 Å². The van der Waals surface area contributed by atoms with Crippen molar-refractivity contribution < 1.29 is 0 Å². The van der Waals surface area contributed by atoms with E-state index in [1.54, 1.807) is 0 Å². The summed E-state index contributed by atoms with van der Waals surface area (Å²) in [4.78, 5) is 0. The molecule has 0 heterocycles. The summed E-state index contributed by atoms with van der Waals surface area (Å²) in [5.74, 6) is 0. The van der Waals surface area contributed by atoms with E-state index in [1.165, 1.54) is 77.9 Å². The molecule has 0 saturated carbocycles. The van der Waals surface area contributed by atoms with Crippen LogP contribution in [0, 0.1) is 0 Å². The lowest BCUT2D eigenvalue weighted by Gasteiger charge is -2.22. The Morgan fingerprint density at radius 1 is 0.146 bits per heavy atom. The Balaban J connectivity index is 1.43. The van der Waals surface area contributed by atoms with Gasteiger partial charge in [0.05, 0.1) is 0 Å². The summed E-state index contributed by atoms with van der Waals surface area (Å²) in [6, 6.07) is 74.3. The Hall–Kier alpha value is -6.24. The molecule has 8 aromatic carbocycles. The molecule has 0 heteroatoms. The fourth-order valence-corrected chi connectivity index (χ4v) is 6.99. The molecule has 0 atom stereocenters. The van der Waals surface area contributed by atoms with Crippen LogP contribution in [0.2, 0.25) is 0 Å². The lowest BCUT2D eigenvalue weighted by Crippen LogP contribution is -1.96. The molecule has 8 aromatic rings. The summed E-state index contributed by atoms with van der Waals surface area (Å²) >= 11 is 0. The zero-order chi connectivity index (χ0) is 32.1. The maximum absolute atomic E-state index is 2.29. The molecule has 0 aromatic heterocycles. The number of hydrogen-bond donors (Lipinski definition) is 0. The van der Waals surface area contributed by atoms with Crippen molar-refractivity contribution >= 4 is 0 Å². The summed E-state index contributed by atoms with van der Waals surface area (Å²) in [5.41, 5.74) is 17.0. The van der Waals surface area contributed by atoms with Gasteiger partial charge in [-0.3, -0.25) is 0 Å². The lowest BCUT2D eigenvalue weighted by atomic mass is 9.81. The van der Waals surface area contributed by atoms with Crippen molar-refractivity contribution in [3.8, 4) is 77.9 Å². The van der Waals surface area contributed by atoms with Crippen LogP contribution in [0.25, 0.3) is 77.9 Å². The molecule has 0 aliphatic rings. The van der Waals surface area contributed by atoms with Gasteiger partial charge in [-0.2, -0.15) is 0 Å². The minimum absolute atomic E-state index is 1.20. The Morgan fingerprint density at radius 2 is 0.354 bits per heavy atom. The van der Waals surface area contributed by atoms with Crippen LogP contribution in [0.1, 0.15) is 0 Å². The van der Waals surface area contributed by atoms with Gasteiger partial charge in [0.25, 0.3) is 0 Å². The highest BCUT2D eigenvalue weighted by molar-refractivity contribution is 6.04. The molecule has 0 N–H and O–H groups in total. The van der Waals surface area contributed by atoms with Crippen molar-refractivity contribution in [2.24, 2.45) is 0 Å². The van der Waals surface area contributed by atoms with E-state index in [-0.39, 0.29) is 0 Å². The van der Waals surface area contributed by atoms with E-state index >= 15 is 0 Å². The number of benzene rings is 8. The Morgan fingerprint density at radius 3 is 0.625 bits per heavy atom. The first-order valence-electron chi connectivity index (χ1n) is 16.5. The molecule has 0 unspecified atom stereocenters. The fraction of sp³-hybridized carbons (Fsp3) is 0. The Labute approximate surface area is 283 Å². The smallest absolute Gasteiger partial charge is 0.00206 e. The molecule has 0 nitrogen and oxygen atoms in total. The van der Waals surface area contributed by atoms with Gasteiger partial charge >= 0.3 is 0 Å². The molecule has 48 heavy (non-hydrogen) atoms. The predicted molar refractivity (Wildman–Crippen MR) is 204 cm³/mol. The molecule has 0 radical (unpaired) electrons. The lowest BCUT2D eigenvalue weighted by molar-refractivity contribution is 1.53. The zero-order valence-corrected chi connectivity index (χ0v) is 26.6. The summed E-state index contributed by atoms with van der Waals surface area (Å²) in [5, 5.41) is 0. The minimum atomic E-state index is 1.20. The highest BCUT2D eigenvalue weighted by Gasteiger charge is 2.21. The quantitative estimate of drug-likeness (QED) is 0.168. The molecule has 0 saturated heterocycles. The second-order valence-corrected chi connectivity index (χ2v) is 12.0. The van der Waals surface area contributed by atoms with Crippen LogP contribution in [0.15, 0.2) is 206 Å². The normalized spacial score (nSPS) is 10.9. The third-order valence-corrected chi connectivity index (χ3v) is 9.15. The van der Waals surface area contributed by atoms with Gasteiger partial charge < -0.3 is 0 Å². The molecule has 0 aliphatic heterocycles. The van der Waals surface area contributed by atoms with Crippen molar-refractivity contribution in [2.45, 2.75) is 0 Å². The molecule has 226 valence electrons. The highest BCUT2D eigenvalue weighted by atomic mass is 14.2. The third kappa shape index (κ3) is 5.55. The zero-order valence-electron chi connectivity index (χ0n) is 26.6.